The van der Waals surface area contributed by atoms with Gasteiger partial charge < -0.3 is 15.5 Å². The Morgan fingerprint density at radius 2 is 1.88 bits per heavy atom. The van der Waals surface area contributed by atoms with Gasteiger partial charge in [-0.15, -0.1) is 0 Å². The molecule has 1 fully saturated rings. The topological polar surface area (TPSA) is 62.6 Å². The van der Waals surface area contributed by atoms with Crippen LogP contribution in [0, 0.1) is 18.8 Å². The van der Waals surface area contributed by atoms with E-state index in [1.54, 1.807) is 0 Å². The Labute approximate surface area is 165 Å². The Balaban J connectivity index is 1.79. The summed E-state index contributed by atoms with van der Waals surface area (Å²) >= 11 is 3.42. The number of rotatable bonds is 6. The van der Waals surface area contributed by atoms with Crippen molar-refractivity contribution in [1.82, 2.24) is 5.32 Å². The van der Waals surface area contributed by atoms with Gasteiger partial charge in [-0.25, -0.2) is 0 Å². The highest BCUT2D eigenvalue weighted by atomic mass is 79.9. The lowest BCUT2D eigenvalue weighted by atomic mass is 9.78. The number of benzene rings is 1. The van der Waals surface area contributed by atoms with E-state index in [-0.39, 0.29) is 24.4 Å². The third-order valence-corrected chi connectivity index (χ3v) is 5.93. The van der Waals surface area contributed by atoms with Crippen LogP contribution in [0.2, 0.25) is 0 Å². The van der Waals surface area contributed by atoms with Gasteiger partial charge in [0.25, 0.3) is 11.8 Å². The first kappa shape index (κ1) is 20.9. The van der Waals surface area contributed by atoms with Crippen molar-refractivity contribution in [3.8, 4) is 0 Å². The molecule has 0 heterocycles. The lowest BCUT2D eigenvalue weighted by Crippen LogP contribution is -3.11. The maximum Gasteiger partial charge on any atom is 0.279 e. The van der Waals surface area contributed by atoms with Crippen molar-refractivity contribution >= 4 is 33.4 Å². The van der Waals surface area contributed by atoms with Crippen LogP contribution >= 0.6 is 15.9 Å². The molecule has 3 N–H and O–H groups in total. The number of anilines is 1. The van der Waals surface area contributed by atoms with Crippen LogP contribution in [0.3, 0.4) is 0 Å². The number of hydrogen-bond acceptors (Lipinski definition) is 2. The minimum Gasteiger partial charge on any atom is -0.348 e. The molecule has 1 aromatic rings. The predicted octanol–water partition coefficient (Wildman–Crippen LogP) is 2.15. The normalized spacial score (nSPS) is 24.0. The number of nitrogens with one attached hydrogen (secondary N) is 3. The molecule has 26 heavy (non-hydrogen) atoms. The summed E-state index contributed by atoms with van der Waals surface area (Å²) in [5, 5.41) is 6.10. The van der Waals surface area contributed by atoms with Crippen molar-refractivity contribution in [2.24, 2.45) is 11.8 Å². The molecule has 0 aliphatic heterocycles. The van der Waals surface area contributed by atoms with Gasteiger partial charge in [-0.1, -0.05) is 42.6 Å². The standard InChI is InChI=1S/C20H30BrN3O2/c1-13-6-5-7-18(15(13)3)23-20(26)12-24(4)11-19(25)22-17-9-8-16(21)10-14(17)2/h8-10,13,15,18H,5-7,11-12H2,1-4H3,(H,22,25)(H,23,26)/p+1/t13-,15-,18-/m0/s1. The predicted molar refractivity (Wildman–Crippen MR) is 108 cm³/mol. The van der Waals surface area contributed by atoms with E-state index in [4.69, 9.17) is 0 Å². The van der Waals surface area contributed by atoms with Crippen molar-refractivity contribution in [3.05, 3.63) is 28.2 Å². The zero-order valence-electron chi connectivity index (χ0n) is 16.2. The summed E-state index contributed by atoms with van der Waals surface area (Å²) < 4.78 is 0.985. The second-order valence-electron chi connectivity index (χ2n) is 7.76. The van der Waals surface area contributed by atoms with Crippen LogP contribution in [-0.4, -0.2) is 38.0 Å². The first-order valence-corrected chi connectivity index (χ1v) is 10.2. The van der Waals surface area contributed by atoms with Crippen molar-refractivity contribution in [2.75, 3.05) is 25.5 Å². The molecule has 1 saturated carbocycles. The fraction of sp³-hybridized carbons (Fsp3) is 0.600. The first-order valence-electron chi connectivity index (χ1n) is 9.43. The van der Waals surface area contributed by atoms with E-state index >= 15 is 0 Å². The van der Waals surface area contributed by atoms with Gasteiger partial charge in [0.1, 0.15) is 0 Å². The number of quaternary nitrogens is 1. The number of halogens is 1. The third kappa shape index (κ3) is 6.09. The van der Waals surface area contributed by atoms with Crippen LogP contribution in [-0.2, 0) is 9.59 Å². The van der Waals surface area contributed by atoms with Gasteiger partial charge in [-0.3, -0.25) is 9.59 Å². The van der Waals surface area contributed by atoms with E-state index in [0.717, 1.165) is 27.0 Å². The third-order valence-electron chi connectivity index (χ3n) is 5.44. The van der Waals surface area contributed by atoms with Crippen molar-refractivity contribution < 1.29 is 14.5 Å². The molecular formula is C20H31BrN3O2+. The molecule has 2 amide bonds. The molecule has 144 valence electrons. The van der Waals surface area contributed by atoms with E-state index in [9.17, 15) is 9.59 Å². The average molecular weight is 425 g/mol. The number of aryl methyl sites for hydroxylation is 1. The van der Waals surface area contributed by atoms with Gasteiger partial charge in [-0.05, 0) is 48.9 Å². The van der Waals surface area contributed by atoms with Crippen LogP contribution in [0.5, 0.6) is 0 Å². The van der Waals surface area contributed by atoms with Crippen molar-refractivity contribution in [1.29, 1.82) is 0 Å². The first-order chi connectivity index (χ1) is 12.3. The van der Waals surface area contributed by atoms with Crippen LogP contribution in [0.15, 0.2) is 22.7 Å². The second kappa shape index (κ2) is 9.51. The summed E-state index contributed by atoms with van der Waals surface area (Å²) in [6.45, 7) is 7.01. The summed E-state index contributed by atoms with van der Waals surface area (Å²) in [6.07, 6.45) is 3.47. The maximum absolute atomic E-state index is 12.3. The largest absolute Gasteiger partial charge is 0.348 e. The molecule has 1 aromatic carbocycles. The minimum atomic E-state index is -0.0830. The molecule has 2 rings (SSSR count). The van der Waals surface area contributed by atoms with Crippen LogP contribution in [0.4, 0.5) is 5.69 Å². The molecule has 4 atom stereocenters. The summed E-state index contributed by atoms with van der Waals surface area (Å²) in [4.78, 5) is 25.5. The highest BCUT2D eigenvalue weighted by Gasteiger charge is 2.28. The summed E-state index contributed by atoms with van der Waals surface area (Å²) in [5.74, 6) is 1.11. The molecule has 6 heteroatoms. The van der Waals surface area contributed by atoms with Crippen molar-refractivity contribution in [3.63, 3.8) is 0 Å². The Morgan fingerprint density at radius 1 is 1.19 bits per heavy atom. The zero-order chi connectivity index (χ0) is 19.3. The monoisotopic (exact) mass is 424 g/mol. The fourth-order valence-electron chi connectivity index (χ4n) is 3.62. The summed E-state index contributed by atoms with van der Waals surface area (Å²) in [6, 6.07) is 6.01. The number of amides is 2. The van der Waals surface area contributed by atoms with Gasteiger partial charge >= 0.3 is 0 Å². The Bertz CT molecular complexity index is 650. The lowest BCUT2D eigenvalue weighted by Gasteiger charge is -2.34. The molecule has 0 aromatic heterocycles. The number of carbonyl (C=O) groups excluding carboxylic acids is 2. The van der Waals surface area contributed by atoms with Gasteiger partial charge in [0.15, 0.2) is 13.1 Å². The van der Waals surface area contributed by atoms with E-state index in [1.165, 1.54) is 12.8 Å². The zero-order valence-corrected chi connectivity index (χ0v) is 17.8. The Kier molecular flexibility index (Phi) is 7.65. The minimum absolute atomic E-state index is 0.0288. The maximum atomic E-state index is 12.3. The molecule has 1 unspecified atom stereocenters. The second-order valence-corrected chi connectivity index (χ2v) is 8.68. The fourth-order valence-corrected chi connectivity index (χ4v) is 4.09. The lowest BCUT2D eigenvalue weighted by molar-refractivity contribution is -0.862. The molecule has 5 nitrogen and oxygen atoms in total. The van der Waals surface area contributed by atoms with E-state index < -0.39 is 0 Å². The Hall–Kier alpha value is -1.40. The molecule has 0 spiro atoms. The average Bonchev–Trinajstić information content (AvgIpc) is 2.54. The molecule has 0 radical (unpaired) electrons. The number of likely N-dealkylation sites (N-methyl/N-ethyl adjacent to an activating group) is 1. The number of hydrogen-bond donors (Lipinski definition) is 3. The summed E-state index contributed by atoms with van der Waals surface area (Å²) in [5.41, 5.74) is 1.81. The van der Waals surface area contributed by atoms with Gasteiger partial charge in [0.2, 0.25) is 0 Å². The van der Waals surface area contributed by atoms with E-state index in [0.29, 0.717) is 18.4 Å². The molecule has 0 saturated heterocycles. The van der Waals surface area contributed by atoms with Crippen LogP contribution in [0.25, 0.3) is 0 Å². The van der Waals surface area contributed by atoms with E-state index in [2.05, 4.69) is 40.4 Å². The van der Waals surface area contributed by atoms with Gasteiger partial charge in [-0.2, -0.15) is 0 Å². The van der Waals surface area contributed by atoms with Crippen molar-refractivity contribution in [2.45, 2.75) is 46.1 Å². The highest BCUT2D eigenvalue weighted by molar-refractivity contribution is 9.10. The SMILES string of the molecule is Cc1cc(Br)ccc1NC(=O)C[NH+](C)CC(=O)N[C@H]1CCC[C@H](C)[C@@H]1C. The molecule has 1 aliphatic rings. The molecule has 0 bridgehead atoms. The van der Waals surface area contributed by atoms with Crippen LogP contribution in [0.1, 0.15) is 38.7 Å². The highest BCUT2D eigenvalue weighted by Crippen LogP contribution is 2.29. The van der Waals surface area contributed by atoms with Gasteiger partial charge in [0.05, 0.1) is 7.05 Å². The number of carbonyl (C=O) groups is 2. The quantitative estimate of drug-likeness (QED) is 0.654. The van der Waals surface area contributed by atoms with E-state index in [1.807, 2.05) is 32.2 Å². The smallest absolute Gasteiger partial charge is 0.279 e. The van der Waals surface area contributed by atoms with Gasteiger partial charge in [0, 0.05) is 16.2 Å². The summed E-state index contributed by atoms with van der Waals surface area (Å²) in [7, 11) is 1.88. The molecular weight excluding hydrogens is 394 g/mol. The Morgan fingerprint density at radius 3 is 2.58 bits per heavy atom. The molecule has 1 aliphatic carbocycles. The van der Waals surface area contributed by atoms with Crippen LogP contribution < -0.4 is 15.5 Å².